The number of sulfonamides is 1. The average Bonchev–Trinajstić information content (AvgIpc) is 2.71. The van der Waals surface area contributed by atoms with Crippen molar-refractivity contribution in [3.05, 3.63) is 89.5 Å². The van der Waals surface area contributed by atoms with Crippen LogP contribution >= 0.6 is 0 Å². The molecule has 0 saturated carbocycles. The molecule has 0 atom stereocenters. The highest BCUT2D eigenvalue weighted by Gasteiger charge is 2.18. The lowest BCUT2D eigenvalue weighted by molar-refractivity contribution is 0.104. The maximum absolute atomic E-state index is 12.5. The highest BCUT2D eigenvalue weighted by Crippen LogP contribution is 2.38. The predicted octanol–water partition coefficient (Wildman–Crippen LogP) is 4.10. The number of hydrogen-bond acceptors (Lipinski definition) is 5. The molecule has 0 aromatic heterocycles. The maximum atomic E-state index is 12.5. The molecular weight excluding hydrogens is 390 g/mol. The van der Waals surface area contributed by atoms with Gasteiger partial charge in [0.15, 0.2) is 17.3 Å². The molecular formula is C22H19NO5S. The molecule has 3 N–H and O–H groups in total. The molecule has 3 aromatic carbocycles. The number of phenolic OH excluding ortho intramolecular Hbond substituents is 2. The van der Waals surface area contributed by atoms with Gasteiger partial charge in [-0.3, -0.25) is 9.52 Å². The lowest BCUT2D eigenvalue weighted by Gasteiger charge is -2.12. The third-order valence-electron chi connectivity index (χ3n) is 4.23. The minimum absolute atomic E-state index is 0.0272. The fraction of sp³-hybridized carbons (Fsp3) is 0.0455. The first-order chi connectivity index (χ1) is 13.8. The van der Waals surface area contributed by atoms with E-state index in [1.54, 1.807) is 42.5 Å². The van der Waals surface area contributed by atoms with Crippen LogP contribution in [0.5, 0.6) is 11.5 Å². The maximum Gasteiger partial charge on any atom is 0.262 e. The fourth-order valence-electron chi connectivity index (χ4n) is 2.60. The minimum Gasteiger partial charge on any atom is -0.504 e. The van der Waals surface area contributed by atoms with Crippen molar-refractivity contribution in [2.24, 2.45) is 0 Å². The number of hydrogen-bond donors (Lipinski definition) is 3. The molecule has 7 heteroatoms. The zero-order valence-corrected chi connectivity index (χ0v) is 16.3. The summed E-state index contributed by atoms with van der Waals surface area (Å²) in [6.45, 7) is 1.84. The normalized spacial score (nSPS) is 11.5. The molecule has 0 aliphatic carbocycles. The van der Waals surface area contributed by atoms with Crippen molar-refractivity contribution in [3.63, 3.8) is 0 Å². The van der Waals surface area contributed by atoms with Crippen LogP contribution in [-0.4, -0.2) is 24.4 Å². The molecule has 0 fully saturated rings. The Morgan fingerprint density at radius 1 is 0.897 bits per heavy atom. The van der Waals surface area contributed by atoms with Crippen LogP contribution in [0.4, 0.5) is 5.69 Å². The Kier molecular flexibility index (Phi) is 5.70. The molecule has 3 rings (SSSR count). The first-order valence-electron chi connectivity index (χ1n) is 8.70. The van der Waals surface area contributed by atoms with Crippen molar-refractivity contribution in [1.29, 1.82) is 0 Å². The number of phenols is 2. The van der Waals surface area contributed by atoms with Gasteiger partial charge in [-0.1, -0.05) is 48.0 Å². The van der Waals surface area contributed by atoms with Crippen LogP contribution in [0.25, 0.3) is 6.08 Å². The van der Waals surface area contributed by atoms with Gasteiger partial charge in [-0.25, -0.2) is 8.42 Å². The van der Waals surface area contributed by atoms with E-state index in [2.05, 4.69) is 4.72 Å². The molecule has 3 aromatic rings. The van der Waals surface area contributed by atoms with Crippen LogP contribution in [0.15, 0.2) is 77.7 Å². The molecule has 0 bridgehead atoms. The fourth-order valence-corrected chi connectivity index (χ4v) is 3.66. The van der Waals surface area contributed by atoms with E-state index in [4.69, 9.17) is 0 Å². The van der Waals surface area contributed by atoms with E-state index in [0.717, 1.165) is 5.56 Å². The number of nitrogens with one attached hydrogen (secondary N) is 1. The van der Waals surface area contributed by atoms with Gasteiger partial charge in [0.25, 0.3) is 10.0 Å². The molecule has 0 aliphatic heterocycles. The monoisotopic (exact) mass is 409 g/mol. The van der Waals surface area contributed by atoms with Crippen molar-refractivity contribution in [2.45, 2.75) is 11.8 Å². The van der Waals surface area contributed by atoms with E-state index < -0.39 is 21.5 Å². The van der Waals surface area contributed by atoms with Crippen molar-refractivity contribution in [3.8, 4) is 11.5 Å². The molecule has 0 amide bonds. The smallest absolute Gasteiger partial charge is 0.262 e. The van der Waals surface area contributed by atoms with Gasteiger partial charge in [0, 0.05) is 11.1 Å². The van der Waals surface area contributed by atoms with E-state index >= 15 is 0 Å². The van der Waals surface area contributed by atoms with E-state index in [1.165, 1.54) is 36.4 Å². The Morgan fingerprint density at radius 2 is 1.55 bits per heavy atom. The first-order valence-corrected chi connectivity index (χ1v) is 10.2. The molecule has 0 spiro atoms. The predicted molar refractivity (Wildman–Crippen MR) is 112 cm³/mol. The molecule has 0 radical (unpaired) electrons. The number of anilines is 1. The largest absolute Gasteiger partial charge is 0.504 e. The van der Waals surface area contributed by atoms with Gasteiger partial charge >= 0.3 is 0 Å². The van der Waals surface area contributed by atoms with Crippen LogP contribution < -0.4 is 4.72 Å². The summed E-state index contributed by atoms with van der Waals surface area (Å²) in [6, 6.07) is 17.5. The third kappa shape index (κ3) is 4.64. The van der Waals surface area contributed by atoms with Crippen molar-refractivity contribution < 1.29 is 23.4 Å². The van der Waals surface area contributed by atoms with Crippen LogP contribution in [-0.2, 0) is 10.0 Å². The summed E-state index contributed by atoms with van der Waals surface area (Å²) in [5.74, 6) is -1.44. The standard InChI is InChI=1S/C22H19NO5S/c1-15-7-11-18(12-8-15)29(27,28)23-19-13-9-17(21(25)22(19)26)10-14-20(24)16-5-3-2-4-6-16/h2-14,23,25-26H,1H3/b14-10+. The number of benzene rings is 3. The highest BCUT2D eigenvalue weighted by molar-refractivity contribution is 7.92. The Balaban J connectivity index is 1.83. The number of carbonyl (C=O) groups is 1. The topological polar surface area (TPSA) is 104 Å². The summed E-state index contributed by atoms with van der Waals surface area (Å²) in [7, 11) is -3.94. The summed E-state index contributed by atoms with van der Waals surface area (Å²) < 4.78 is 27.2. The van der Waals surface area contributed by atoms with Crippen LogP contribution in [0.3, 0.4) is 0 Å². The van der Waals surface area contributed by atoms with Gasteiger partial charge < -0.3 is 10.2 Å². The second-order valence-electron chi connectivity index (χ2n) is 6.38. The first kappa shape index (κ1) is 20.2. The SMILES string of the molecule is Cc1ccc(S(=O)(=O)Nc2ccc(/C=C/C(=O)c3ccccc3)c(O)c2O)cc1. The second-order valence-corrected chi connectivity index (χ2v) is 8.06. The minimum atomic E-state index is -3.94. The molecule has 0 saturated heterocycles. The summed E-state index contributed by atoms with van der Waals surface area (Å²) in [6.07, 6.45) is 2.61. The van der Waals surface area contributed by atoms with Gasteiger partial charge in [-0.2, -0.15) is 0 Å². The molecule has 0 unspecified atom stereocenters. The van der Waals surface area contributed by atoms with Gasteiger partial charge in [0.1, 0.15) is 0 Å². The number of allylic oxidation sites excluding steroid dienone is 1. The van der Waals surface area contributed by atoms with Crippen LogP contribution in [0.2, 0.25) is 0 Å². The zero-order valence-electron chi connectivity index (χ0n) is 15.5. The van der Waals surface area contributed by atoms with E-state index in [0.29, 0.717) is 5.56 Å². The van der Waals surface area contributed by atoms with E-state index in [-0.39, 0.29) is 21.9 Å². The van der Waals surface area contributed by atoms with Gasteiger partial charge in [-0.15, -0.1) is 0 Å². The third-order valence-corrected chi connectivity index (χ3v) is 5.61. The van der Waals surface area contributed by atoms with Crippen molar-refractivity contribution in [1.82, 2.24) is 0 Å². The summed E-state index contributed by atoms with van der Waals surface area (Å²) in [5, 5.41) is 20.4. The summed E-state index contributed by atoms with van der Waals surface area (Å²) in [4.78, 5) is 12.2. The quantitative estimate of drug-likeness (QED) is 0.323. The van der Waals surface area contributed by atoms with Crippen LogP contribution in [0.1, 0.15) is 21.5 Å². The molecule has 148 valence electrons. The number of aryl methyl sites for hydroxylation is 1. The number of ketones is 1. The molecule has 0 heterocycles. The summed E-state index contributed by atoms with van der Waals surface area (Å²) >= 11 is 0. The number of rotatable bonds is 6. The lowest BCUT2D eigenvalue weighted by atomic mass is 10.1. The van der Waals surface area contributed by atoms with E-state index in [9.17, 15) is 23.4 Å². The van der Waals surface area contributed by atoms with Gasteiger partial charge in [0.2, 0.25) is 0 Å². The Hall–Kier alpha value is -3.58. The van der Waals surface area contributed by atoms with Crippen LogP contribution in [0, 0.1) is 6.92 Å². The molecule has 29 heavy (non-hydrogen) atoms. The van der Waals surface area contributed by atoms with E-state index in [1.807, 2.05) is 6.92 Å². The molecule has 6 nitrogen and oxygen atoms in total. The zero-order chi connectivity index (χ0) is 21.0. The second kappa shape index (κ2) is 8.20. The van der Waals surface area contributed by atoms with Gasteiger partial charge in [-0.05, 0) is 43.3 Å². The van der Waals surface area contributed by atoms with Gasteiger partial charge in [0.05, 0.1) is 10.6 Å². The summed E-state index contributed by atoms with van der Waals surface area (Å²) in [5.41, 5.74) is 1.39. The van der Waals surface area contributed by atoms with Crippen molar-refractivity contribution >= 4 is 27.6 Å². The number of carbonyl (C=O) groups excluding carboxylic acids is 1. The lowest BCUT2D eigenvalue weighted by Crippen LogP contribution is -2.13. The van der Waals surface area contributed by atoms with Crippen molar-refractivity contribution in [2.75, 3.05) is 4.72 Å². The number of aromatic hydroxyl groups is 2. The molecule has 0 aliphatic rings. The Labute approximate surface area is 168 Å². The Morgan fingerprint density at radius 3 is 2.21 bits per heavy atom. The average molecular weight is 409 g/mol. The Bertz CT molecular complexity index is 1170. The highest BCUT2D eigenvalue weighted by atomic mass is 32.2.